The summed E-state index contributed by atoms with van der Waals surface area (Å²) < 4.78 is 54.1. The number of carbonyl (C=O) groups is 1. The summed E-state index contributed by atoms with van der Waals surface area (Å²) in [5.74, 6) is -1.17. The van der Waals surface area contributed by atoms with E-state index in [0.29, 0.717) is 6.10 Å². The lowest BCUT2D eigenvalue weighted by atomic mass is 9.73. The number of likely N-dealkylation sites (tertiary alicyclic amines) is 1. The molecule has 1 aromatic rings. The Balaban J connectivity index is 0.000000451. The van der Waals surface area contributed by atoms with E-state index in [4.69, 9.17) is 28.8 Å². The summed E-state index contributed by atoms with van der Waals surface area (Å²) in [7, 11) is 5.16. The van der Waals surface area contributed by atoms with Gasteiger partial charge in [0.15, 0.2) is 11.5 Å². The number of carboxylic acid groups (broad SMARTS) is 1. The van der Waals surface area contributed by atoms with Gasteiger partial charge in [0.25, 0.3) is 0 Å². The molecule has 0 saturated carbocycles. The number of methoxy groups -OCH3 is 3. The number of alkyl halides is 3. The van der Waals surface area contributed by atoms with Gasteiger partial charge in [-0.2, -0.15) is 13.2 Å². The molecular formula is C22H32F3NO6. The Labute approximate surface area is 186 Å². The van der Waals surface area contributed by atoms with Crippen molar-refractivity contribution in [2.24, 2.45) is 5.41 Å². The lowest BCUT2D eigenvalue weighted by Crippen LogP contribution is -2.57. The van der Waals surface area contributed by atoms with E-state index in [2.05, 4.69) is 17.0 Å². The van der Waals surface area contributed by atoms with Crippen molar-refractivity contribution in [1.29, 1.82) is 0 Å². The lowest BCUT2D eigenvalue weighted by Gasteiger charge is -2.50. The van der Waals surface area contributed by atoms with Crippen molar-refractivity contribution in [2.45, 2.75) is 38.0 Å². The van der Waals surface area contributed by atoms with Crippen LogP contribution in [0.5, 0.6) is 11.5 Å². The molecule has 2 fully saturated rings. The van der Waals surface area contributed by atoms with Crippen molar-refractivity contribution in [3.8, 4) is 11.5 Å². The Morgan fingerprint density at radius 3 is 2.53 bits per heavy atom. The average molecular weight is 463 g/mol. The molecule has 182 valence electrons. The van der Waals surface area contributed by atoms with Crippen molar-refractivity contribution < 1.29 is 42.0 Å². The van der Waals surface area contributed by atoms with E-state index in [-0.39, 0.29) is 5.41 Å². The van der Waals surface area contributed by atoms with Gasteiger partial charge < -0.3 is 29.0 Å². The van der Waals surface area contributed by atoms with Gasteiger partial charge in [0.1, 0.15) is 0 Å². The second kappa shape index (κ2) is 11.7. The first-order valence-electron chi connectivity index (χ1n) is 10.5. The number of hydrogen-bond donors (Lipinski definition) is 1. The van der Waals surface area contributed by atoms with E-state index in [1.807, 2.05) is 13.2 Å². The molecule has 7 nitrogen and oxygen atoms in total. The Morgan fingerprint density at radius 1 is 1.25 bits per heavy atom. The molecule has 2 aliphatic rings. The van der Waals surface area contributed by atoms with Crippen LogP contribution in [0.25, 0.3) is 0 Å². The van der Waals surface area contributed by atoms with Crippen LogP contribution in [0, 0.1) is 5.41 Å². The largest absolute Gasteiger partial charge is 0.493 e. The number of rotatable bonds is 7. The van der Waals surface area contributed by atoms with Crippen LogP contribution in [0.3, 0.4) is 0 Å². The Kier molecular flexibility index (Phi) is 9.60. The number of benzene rings is 1. The molecule has 0 bridgehead atoms. The predicted molar refractivity (Wildman–Crippen MR) is 111 cm³/mol. The van der Waals surface area contributed by atoms with Crippen molar-refractivity contribution in [2.75, 3.05) is 54.2 Å². The summed E-state index contributed by atoms with van der Waals surface area (Å²) in [4.78, 5) is 11.5. The van der Waals surface area contributed by atoms with Crippen LogP contribution in [0.2, 0.25) is 0 Å². The number of piperidine rings is 1. The van der Waals surface area contributed by atoms with Gasteiger partial charge >= 0.3 is 12.1 Å². The van der Waals surface area contributed by atoms with E-state index in [9.17, 15) is 13.2 Å². The Hall–Kier alpha value is -2.04. The van der Waals surface area contributed by atoms with Crippen LogP contribution in [-0.4, -0.2) is 82.4 Å². The highest BCUT2D eigenvalue weighted by Crippen LogP contribution is 2.40. The first-order chi connectivity index (χ1) is 15.1. The van der Waals surface area contributed by atoms with Gasteiger partial charge in [0.2, 0.25) is 0 Å². The van der Waals surface area contributed by atoms with E-state index in [0.717, 1.165) is 63.6 Å². The second-order valence-electron chi connectivity index (χ2n) is 8.07. The molecular weight excluding hydrogens is 431 g/mol. The van der Waals surface area contributed by atoms with E-state index in [1.54, 1.807) is 14.2 Å². The van der Waals surface area contributed by atoms with Gasteiger partial charge in [0, 0.05) is 38.8 Å². The summed E-state index contributed by atoms with van der Waals surface area (Å²) in [5, 5.41) is 7.12. The van der Waals surface area contributed by atoms with Gasteiger partial charge in [-0.25, -0.2) is 4.79 Å². The summed E-state index contributed by atoms with van der Waals surface area (Å²) in [6.45, 7) is 4.92. The first-order valence-corrected chi connectivity index (χ1v) is 10.5. The van der Waals surface area contributed by atoms with Crippen molar-refractivity contribution in [3.05, 3.63) is 23.8 Å². The van der Waals surface area contributed by atoms with E-state index >= 15 is 0 Å². The number of fused-ring (bicyclic) bond motifs is 1. The molecule has 0 radical (unpaired) electrons. The Bertz CT molecular complexity index is 741. The molecule has 2 unspecified atom stereocenters. The summed E-state index contributed by atoms with van der Waals surface area (Å²) in [6, 6.07) is 6.20. The molecule has 2 aliphatic heterocycles. The van der Waals surface area contributed by atoms with Crippen LogP contribution >= 0.6 is 0 Å². The normalized spacial score (nSPS) is 23.5. The molecule has 2 atom stereocenters. The molecule has 1 aromatic carbocycles. The average Bonchev–Trinajstić information content (AvgIpc) is 2.77. The molecule has 0 spiro atoms. The number of ether oxygens (including phenoxy) is 4. The highest BCUT2D eigenvalue weighted by Gasteiger charge is 2.45. The summed E-state index contributed by atoms with van der Waals surface area (Å²) in [6.07, 6.45) is -0.259. The third-order valence-electron chi connectivity index (χ3n) is 5.91. The highest BCUT2D eigenvalue weighted by atomic mass is 19.4. The van der Waals surface area contributed by atoms with Crippen LogP contribution < -0.4 is 9.47 Å². The molecule has 10 heteroatoms. The van der Waals surface area contributed by atoms with Crippen LogP contribution in [-0.2, 0) is 20.7 Å². The fourth-order valence-electron chi connectivity index (χ4n) is 4.39. The SMILES string of the molecule is COCC12CCCOC1CCN(CCc1ccc(OC)c(OC)c1)C2.O=C(O)C(F)(F)F. The quantitative estimate of drug-likeness (QED) is 0.664. The van der Waals surface area contributed by atoms with Crippen LogP contribution in [0.15, 0.2) is 18.2 Å². The summed E-state index contributed by atoms with van der Waals surface area (Å²) >= 11 is 0. The number of halogens is 3. The van der Waals surface area contributed by atoms with Crippen LogP contribution in [0.4, 0.5) is 13.2 Å². The second-order valence-corrected chi connectivity index (χ2v) is 8.07. The smallest absolute Gasteiger partial charge is 0.490 e. The zero-order valence-electron chi connectivity index (χ0n) is 18.7. The topological polar surface area (TPSA) is 77.5 Å². The number of aliphatic carboxylic acids is 1. The number of nitrogens with zero attached hydrogens (tertiary/aromatic N) is 1. The third-order valence-corrected chi connectivity index (χ3v) is 5.91. The van der Waals surface area contributed by atoms with Crippen molar-refractivity contribution in [1.82, 2.24) is 4.90 Å². The maximum atomic E-state index is 10.6. The van der Waals surface area contributed by atoms with Gasteiger partial charge in [-0.1, -0.05) is 6.07 Å². The molecule has 32 heavy (non-hydrogen) atoms. The molecule has 0 aromatic heterocycles. The van der Waals surface area contributed by atoms with Gasteiger partial charge in [0.05, 0.1) is 26.9 Å². The predicted octanol–water partition coefficient (Wildman–Crippen LogP) is 3.40. The highest BCUT2D eigenvalue weighted by molar-refractivity contribution is 5.73. The van der Waals surface area contributed by atoms with Gasteiger partial charge in [-0.15, -0.1) is 0 Å². The maximum absolute atomic E-state index is 10.6. The Morgan fingerprint density at radius 2 is 1.94 bits per heavy atom. The fraction of sp³-hybridized carbons (Fsp3) is 0.682. The zero-order valence-corrected chi connectivity index (χ0v) is 18.7. The molecule has 1 N–H and O–H groups in total. The zero-order chi connectivity index (χ0) is 23.8. The van der Waals surface area contributed by atoms with E-state index in [1.165, 1.54) is 12.0 Å². The maximum Gasteiger partial charge on any atom is 0.490 e. The molecule has 3 rings (SSSR count). The third kappa shape index (κ3) is 6.98. The minimum Gasteiger partial charge on any atom is -0.493 e. The fourth-order valence-corrected chi connectivity index (χ4v) is 4.39. The van der Waals surface area contributed by atoms with Gasteiger partial charge in [-0.05, 0) is 43.4 Å². The van der Waals surface area contributed by atoms with Crippen molar-refractivity contribution >= 4 is 5.97 Å². The molecule has 2 heterocycles. The number of hydrogen-bond acceptors (Lipinski definition) is 6. The standard InChI is InChI=1S/C20H31NO4.C2HF3O2/c1-22-15-20-9-4-12-25-19(20)8-11-21(14-20)10-7-16-5-6-17(23-2)18(13-16)24-3;3-2(4,5)1(6)7/h5-6,13,19H,4,7-12,14-15H2,1-3H3;(H,6,7). The first kappa shape index (κ1) is 26.2. The van der Waals surface area contributed by atoms with Crippen LogP contribution in [0.1, 0.15) is 24.8 Å². The minimum atomic E-state index is -5.08. The molecule has 0 aliphatic carbocycles. The van der Waals surface area contributed by atoms with Crippen molar-refractivity contribution in [3.63, 3.8) is 0 Å². The number of carboxylic acids is 1. The molecule has 0 amide bonds. The van der Waals surface area contributed by atoms with E-state index < -0.39 is 12.1 Å². The lowest BCUT2D eigenvalue weighted by molar-refractivity contribution is -0.192. The monoisotopic (exact) mass is 463 g/mol. The minimum absolute atomic E-state index is 0.169. The summed E-state index contributed by atoms with van der Waals surface area (Å²) in [5.41, 5.74) is 1.45. The molecule has 2 saturated heterocycles. The van der Waals surface area contributed by atoms with Gasteiger partial charge in [-0.3, -0.25) is 0 Å².